The van der Waals surface area contributed by atoms with E-state index < -0.39 is 0 Å². The van der Waals surface area contributed by atoms with Crippen LogP contribution >= 0.6 is 0 Å². The van der Waals surface area contributed by atoms with Gasteiger partial charge < -0.3 is 5.11 Å². The van der Waals surface area contributed by atoms with E-state index >= 15 is 0 Å². The van der Waals surface area contributed by atoms with E-state index in [0.29, 0.717) is 0 Å². The molecule has 1 heteroatoms. The summed E-state index contributed by atoms with van der Waals surface area (Å²) in [6, 6.07) is 0. The molecule has 0 heterocycles. The molecule has 0 aliphatic carbocycles. The summed E-state index contributed by atoms with van der Waals surface area (Å²) in [7, 11) is 0. The molecule has 0 bridgehead atoms. The zero-order valence-corrected chi connectivity index (χ0v) is 14.4. The Bertz CT molecular complexity index is 232. The Balaban J connectivity index is 3.17. The first-order valence-corrected chi connectivity index (χ1v) is 9.26. The molecular formula is C20H38O. The molecule has 0 fully saturated rings. The fraction of sp³-hybridized carbons (Fsp3) is 0.800. The van der Waals surface area contributed by atoms with Crippen LogP contribution in [-0.4, -0.2) is 11.2 Å². The Morgan fingerprint density at radius 2 is 1.33 bits per heavy atom. The maximum atomic E-state index is 9.94. The van der Waals surface area contributed by atoms with Crippen LogP contribution in [0.3, 0.4) is 0 Å². The van der Waals surface area contributed by atoms with Crippen molar-refractivity contribution in [1.29, 1.82) is 0 Å². The van der Waals surface area contributed by atoms with E-state index in [1.54, 1.807) is 0 Å². The molecular weight excluding hydrogens is 256 g/mol. The lowest BCUT2D eigenvalue weighted by molar-refractivity contribution is 0.147. The molecule has 0 saturated carbocycles. The van der Waals surface area contributed by atoms with Gasteiger partial charge in [-0.15, -0.1) is 0 Å². The third-order valence-corrected chi connectivity index (χ3v) is 4.07. The summed E-state index contributed by atoms with van der Waals surface area (Å²) in [5.74, 6) is 0. The average molecular weight is 295 g/mol. The molecule has 0 aliphatic rings. The van der Waals surface area contributed by atoms with Crippen molar-refractivity contribution < 1.29 is 5.11 Å². The fourth-order valence-electron chi connectivity index (χ4n) is 2.67. The molecule has 21 heavy (non-hydrogen) atoms. The van der Waals surface area contributed by atoms with Gasteiger partial charge in [0.2, 0.25) is 0 Å². The molecule has 0 aliphatic heterocycles. The molecule has 1 N–H and O–H groups in total. The maximum Gasteiger partial charge on any atom is 0.0540 e. The van der Waals surface area contributed by atoms with Gasteiger partial charge in [-0.05, 0) is 25.7 Å². The second-order valence-electron chi connectivity index (χ2n) is 6.22. The smallest absolute Gasteiger partial charge is 0.0540 e. The minimum absolute atomic E-state index is 0.0543. The number of rotatable bonds is 16. The van der Waals surface area contributed by atoms with E-state index in [4.69, 9.17) is 0 Å². The predicted octanol–water partition coefficient (Wildman–Crippen LogP) is 6.57. The monoisotopic (exact) mass is 294 g/mol. The van der Waals surface area contributed by atoms with Crippen LogP contribution in [0, 0.1) is 0 Å². The van der Waals surface area contributed by atoms with Gasteiger partial charge in [-0.3, -0.25) is 0 Å². The summed E-state index contributed by atoms with van der Waals surface area (Å²) < 4.78 is 0. The summed E-state index contributed by atoms with van der Waals surface area (Å²) in [5.41, 5.74) is 0. The van der Waals surface area contributed by atoms with Crippen LogP contribution in [0.15, 0.2) is 24.8 Å². The molecule has 1 unspecified atom stereocenters. The standard InChI is InChI=1S/C20H38O/c1-3-5-7-9-11-13-15-17-19-20(21)18-16-14-12-10-8-6-4-2/h3,5,7,20-21H,1,4,6,8-19H2,2H3. The first-order valence-electron chi connectivity index (χ1n) is 9.26. The Hall–Kier alpha value is -0.560. The van der Waals surface area contributed by atoms with E-state index in [1.807, 2.05) is 12.2 Å². The number of unbranched alkanes of at least 4 members (excludes halogenated alkanes) is 10. The fourth-order valence-corrected chi connectivity index (χ4v) is 2.67. The highest BCUT2D eigenvalue weighted by molar-refractivity contribution is 4.96. The summed E-state index contributed by atoms with van der Waals surface area (Å²) in [4.78, 5) is 0. The van der Waals surface area contributed by atoms with E-state index in [9.17, 15) is 5.11 Å². The van der Waals surface area contributed by atoms with Gasteiger partial charge in [-0.25, -0.2) is 0 Å². The normalized spacial score (nSPS) is 12.9. The summed E-state index contributed by atoms with van der Waals surface area (Å²) in [6.07, 6.45) is 23.5. The molecule has 0 aromatic heterocycles. The highest BCUT2D eigenvalue weighted by Crippen LogP contribution is 2.14. The van der Waals surface area contributed by atoms with Gasteiger partial charge in [0.1, 0.15) is 0 Å². The molecule has 0 aromatic carbocycles. The molecule has 0 radical (unpaired) electrons. The van der Waals surface area contributed by atoms with Crippen molar-refractivity contribution in [3.8, 4) is 0 Å². The molecule has 0 rings (SSSR count). The Morgan fingerprint density at radius 1 is 0.810 bits per heavy atom. The van der Waals surface area contributed by atoms with Crippen molar-refractivity contribution >= 4 is 0 Å². The van der Waals surface area contributed by atoms with Crippen LogP contribution in [0.5, 0.6) is 0 Å². The van der Waals surface area contributed by atoms with Crippen molar-refractivity contribution in [3.63, 3.8) is 0 Å². The van der Waals surface area contributed by atoms with Crippen molar-refractivity contribution in [1.82, 2.24) is 0 Å². The molecule has 1 nitrogen and oxygen atoms in total. The van der Waals surface area contributed by atoms with Crippen LogP contribution in [0.1, 0.15) is 96.8 Å². The van der Waals surface area contributed by atoms with Crippen LogP contribution in [0.2, 0.25) is 0 Å². The third-order valence-electron chi connectivity index (χ3n) is 4.07. The zero-order chi connectivity index (χ0) is 15.6. The molecule has 124 valence electrons. The topological polar surface area (TPSA) is 20.2 Å². The van der Waals surface area contributed by atoms with Crippen LogP contribution in [-0.2, 0) is 0 Å². The van der Waals surface area contributed by atoms with Crippen molar-refractivity contribution in [2.75, 3.05) is 0 Å². The van der Waals surface area contributed by atoms with Gasteiger partial charge in [-0.2, -0.15) is 0 Å². The zero-order valence-electron chi connectivity index (χ0n) is 14.4. The lowest BCUT2D eigenvalue weighted by Crippen LogP contribution is -2.05. The SMILES string of the molecule is C=CC=CCCCCCCC(O)CCCCCCCCC. The van der Waals surface area contributed by atoms with E-state index in [1.165, 1.54) is 70.6 Å². The highest BCUT2D eigenvalue weighted by atomic mass is 16.3. The third kappa shape index (κ3) is 17.4. The molecule has 1 atom stereocenters. The second-order valence-corrected chi connectivity index (χ2v) is 6.22. The van der Waals surface area contributed by atoms with Gasteiger partial charge in [0.25, 0.3) is 0 Å². The molecule has 0 spiro atoms. The maximum absolute atomic E-state index is 9.94. The quantitative estimate of drug-likeness (QED) is 0.252. The largest absolute Gasteiger partial charge is 0.393 e. The van der Waals surface area contributed by atoms with Gasteiger partial charge in [0, 0.05) is 0 Å². The van der Waals surface area contributed by atoms with Crippen LogP contribution in [0.4, 0.5) is 0 Å². The van der Waals surface area contributed by atoms with Crippen LogP contribution < -0.4 is 0 Å². The van der Waals surface area contributed by atoms with Crippen molar-refractivity contribution in [2.24, 2.45) is 0 Å². The first kappa shape index (κ1) is 20.4. The molecule has 0 amide bonds. The summed E-state index contributed by atoms with van der Waals surface area (Å²) in [5, 5.41) is 9.94. The summed E-state index contributed by atoms with van der Waals surface area (Å²) in [6.45, 7) is 5.92. The Kier molecular flexibility index (Phi) is 17.0. The molecule has 0 saturated heterocycles. The van der Waals surface area contributed by atoms with Gasteiger partial charge in [-0.1, -0.05) is 95.9 Å². The first-order chi connectivity index (χ1) is 10.3. The molecule has 0 aromatic rings. The van der Waals surface area contributed by atoms with E-state index in [-0.39, 0.29) is 6.10 Å². The minimum Gasteiger partial charge on any atom is -0.393 e. The Morgan fingerprint density at radius 3 is 1.90 bits per heavy atom. The van der Waals surface area contributed by atoms with Gasteiger partial charge in [0.05, 0.1) is 6.10 Å². The average Bonchev–Trinajstić information content (AvgIpc) is 2.49. The summed E-state index contributed by atoms with van der Waals surface area (Å²) >= 11 is 0. The van der Waals surface area contributed by atoms with E-state index in [0.717, 1.165) is 19.3 Å². The lowest BCUT2D eigenvalue weighted by Gasteiger charge is -2.10. The number of hydrogen-bond acceptors (Lipinski definition) is 1. The Labute approximate surface area is 133 Å². The number of aliphatic hydroxyl groups is 1. The minimum atomic E-state index is -0.0543. The highest BCUT2D eigenvalue weighted by Gasteiger charge is 2.03. The number of aliphatic hydroxyl groups excluding tert-OH is 1. The predicted molar refractivity (Wildman–Crippen MR) is 95.7 cm³/mol. The second kappa shape index (κ2) is 17.5. The van der Waals surface area contributed by atoms with E-state index in [2.05, 4.69) is 19.6 Å². The van der Waals surface area contributed by atoms with Crippen molar-refractivity contribution in [2.45, 2.75) is 103 Å². The lowest BCUT2D eigenvalue weighted by atomic mass is 10.0. The van der Waals surface area contributed by atoms with Crippen molar-refractivity contribution in [3.05, 3.63) is 24.8 Å². The number of hydrogen-bond donors (Lipinski definition) is 1. The van der Waals surface area contributed by atoms with Gasteiger partial charge >= 0.3 is 0 Å². The number of allylic oxidation sites excluding steroid dienone is 3. The van der Waals surface area contributed by atoms with Gasteiger partial charge in [0.15, 0.2) is 0 Å². The van der Waals surface area contributed by atoms with Crippen LogP contribution in [0.25, 0.3) is 0 Å².